The van der Waals surface area contributed by atoms with Gasteiger partial charge < -0.3 is 10.4 Å². The highest BCUT2D eigenvalue weighted by Crippen LogP contribution is 1.68. The van der Waals surface area contributed by atoms with E-state index in [0.29, 0.717) is 0 Å². The van der Waals surface area contributed by atoms with Crippen LogP contribution in [0, 0.1) is 12.3 Å². The fraction of sp³-hybridized carbons (Fsp3) is 0.500. The van der Waals surface area contributed by atoms with Crippen molar-refractivity contribution in [2.45, 2.75) is 0 Å². The lowest BCUT2D eigenvalue weighted by Crippen LogP contribution is -2.04. The topological polar surface area (TPSA) is 44.6 Å². The molecule has 0 unspecified atom stereocenters. The van der Waals surface area contributed by atoms with E-state index in [2.05, 4.69) is 16.7 Å². The van der Waals surface area contributed by atoms with Gasteiger partial charge in [0.2, 0.25) is 0 Å². The fourth-order valence-corrected chi connectivity index (χ4v) is 0.323. The molecule has 0 aromatic heterocycles. The van der Waals surface area contributed by atoms with Crippen LogP contribution in [0.15, 0.2) is 4.99 Å². The van der Waals surface area contributed by atoms with Crippen molar-refractivity contribution in [1.82, 2.24) is 5.32 Å². The van der Waals surface area contributed by atoms with Crippen LogP contribution in [-0.4, -0.2) is 31.1 Å². The van der Waals surface area contributed by atoms with Crippen molar-refractivity contribution in [3.05, 3.63) is 0 Å². The van der Waals surface area contributed by atoms with Gasteiger partial charge in [0.25, 0.3) is 0 Å². The molecule has 9 heavy (non-hydrogen) atoms. The Morgan fingerprint density at radius 1 is 1.89 bits per heavy atom. The largest absolute Gasteiger partial charge is 0.384 e. The summed E-state index contributed by atoms with van der Waals surface area (Å²) in [5, 5.41) is 10.6. The predicted molar refractivity (Wildman–Crippen MR) is 37.3 cm³/mol. The Balaban J connectivity index is 0.000000148. The van der Waals surface area contributed by atoms with Crippen LogP contribution >= 0.6 is 0 Å². The Kier molecular flexibility index (Phi) is 6.21. The first-order valence-electron chi connectivity index (χ1n) is 2.68. The predicted octanol–water partition coefficient (Wildman–Crippen LogP) is -0.770. The minimum Gasteiger partial charge on any atom is -0.384 e. The van der Waals surface area contributed by atoms with E-state index < -0.39 is 0 Å². The molecule has 0 aromatic carbocycles. The molecule has 3 heteroatoms. The SMILES string of the molecule is C#CCO.C1=NCCN1. The first kappa shape index (κ1) is 7.99. The lowest BCUT2D eigenvalue weighted by atomic mass is 10.7. The van der Waals surface area contributed by atoms with Crippen molar-refractivity contribution in [2.24, 2.45) is 4.99 Å². The maximum Gasteiger partial charge on any atom is 0.103 e. The first-order chi connectivity index (χ1) is 4.41. The van der Waals surface area contributed by atoms with Gasteiger partial charge in [0, 0.05) is 6.54 Å². The summed E-state index contributed by atoms with van der Waals surface area (Å²) in [5.74, 6) is 1.99. The molecule has 0 spiro atoms. The lowest BCUT2D eigenvalue weighted by molar-refractivity contribution is 0.351. The Hall–Kier alpha value is -1.01. The van der Waals surface area contributed by atoms with E-state index >= 15 is 0 Å². The van der Waals surface area contributed by atoms with Crippen LogP contribution in [0.25, 0.3) is 0 Å². The van der Waals surface area contributed by atoms with Gasteiger partial charge in [0.15, 0.2) is 0 Å². The zero-order valence-electron chi connectivity index (χ0n) is 5.17. The highest BCUT2D eigenvalue weighted by Gasteiger charge is 1.82. The van der Waals surface area contributed by atoms with Gasteiger partial charge in [-0.2, -0.15) is 0 Å². The zero-order chi connectivity index (χ0) is 6.95. The van der Waals surface area contributed by atoms with E-state index in [1.807, 2.05) is 5.92 Å². The maximum atomic E-state index is 7.64. The Morgan fingerprint density at radius 2 is 2.56 bits per heavy atom. The second kappa shape index (κ2) is 6.99. The normalized spacial score (nSPS) is 12.9. The smallest absolute Gasteiger partial charge is 0.103 e. The number of aliphatic hydroxyl groups is 1. The van der Waals surface area contributed by atoms with Crippen LogP contribution in [0.3, 0.4) is 0 Å². The number of hydrogen-bond donors (Lipinski definition) is 2. The van der Waals surface area contributed by atoms with E-state index in [-0.39, 0.29) is 6.61 Å². The summed E-state index contributed by atoms with van der Waals surface area (Å²) >= 11 is 0. The average molecular weight is 126 g/mol. The molecule has 0 saturated carbocycles. The van der Waals surface area contributed by atoms with Crippen LogP contribution in [0.1, 0.15) is 0 Å². The quantitative estimate of drug-likeness (QED) is 0.419. The summed E-state index contributed by atoms with van der Waals surface area (Å²) in [7, 11) is 0. The monoisotopic (exact) mass is 126 g/mol. The zero-order valence-corrected chi connectivity index (χ0v) is 5.17. The minimum absolute atomic E-state index is 0.153. The summed E-state index contributed by atoms with van der Waals surface area (Å²) in [6, 6.07) is 0. The van der Waals surface area contributed by atoms with E-state index in [4.69, 9.17) is 5.11 Å². The third-order valence-electron chi connectivity index (χ3n) is 0.659. The fourth-order valence-electron chi connectivity index (χ4n) is 0.323. The average Bonchev–Trinajstić information content (AvgIpc) is 2.43. The van der Waals surface area contributed by atoms with Gasteiger partial charge in [-0.1, -0.05) is 5.92 Å². The van der Waals surface area contributed by atoms with Crippen molar-refractivity contribution in [3.63, 3.8) is 0 Å². The van der Waals surface area contributed by atoms with Crippen LogP contribution in [-0.2, 0) is 0 Å². The third-order valence-corrected chi connectivity index (χ3v) is 0.659. The molecule has 0 saturated heterocycles. The second-order valence-corrected chi connectivity index (χ2v) is 1.35. The highest BCUT2D eigenvalue weighted by atomic mass is 16.2. The molecular formula is C6H10N2O. The van der Waals surface area contributed by atoms with E-state index in [9.17, 15) is 0 Å². The summed E-state index contributed by atoms with van der Waals surface area (Å²) in [6.45, 7) is 1.83. The molecule has 0 aliphatic carbocycles. The Labute approximate surface area is 54.8 Å². The Bertz CT molecular complexity index is 109. The number of rotatable bonds is 0. The van der Waals surface area contributed by atoms with Gasteiger partial charge in [-0.25, -0.2) is 0 Å². The molecule has 1 rings (SSSR count). The number of terminal acetylenes is 1. The van der Waals surface area contributed by atoms with Crippen LogP contribution in [0.2, 0.25) is 0 Å². The maximum absolute atomic E-state index is 7.64. The summed E-state index contributed by atoms with van der Waals surface area (Å²) < 4.78 is 0. The molecule has 1 aliphatic heterocycles. The number of nitrogens with one attached hydrogen (secondary N) is 1. The van der Waals surface area contributed by atoms with Gasteiger partial charge in [-0.05, 0) is 0 Å². The number of aliphatic imine (C=N–C) groups is 1. The lowest BCUT2D eigenvalue weighted by Gasteiger charge is -1.75. The van der Waals surface area contributed by atoms with Gasteiger partial charge >= 0.3 is 0 Å². The molecule has 0 fully saturated rings. The van der Waals surface area contributed by atoms with Gasteiger partial charge in [-0.3, -0.25) is 4.99 Å². The van der Waals surface area contributed by atoms with Crippen molar-refractivity contribution >= 4 is 6.34 Å². The summed E-state index contributed by atoms with van der Waals surface area (Å²) in [6.07, 6.45) is 6.26. The standard InChI is InChI=1S/C3H6N2.C3H4O/c1-2-5-3-4-1;1-2-3-4/h3H,1-2H2,(H,4,5);1,4H,3H2. The number of nitrogens with zero attached hydrogens (tertiary/aromatic N) is 1. The van der Waals surface area contributed by atoms with Gasteiger partial charge in [0.05, 0.1) is 12.9 Å². The highest BCUT2D eigenvalue weighted by molar-refractivity contribution is 5.56. The van der Waals surface area contributed by atoms with Gasteiger partial charge in [-0.15, -0.1) is 6.42 Å². The number of hydrogen-bond acceptors (Lipinski definition) is 3. The van der Waals surface area contributed by atoms with Crippen LogP contribution in [0.4, 0.5) is 0 Å². The molecule has 0 bridgehead atoms. The molecule has 2 N–H and O–H groups in total. The second-order valence-electron chi connectivity index (χ2n) is 1.35. The van der Waals surface area contributed by atoms with E-state index in [0.717, 1.165) is 13.1 Å². The van der Waals surface area contributed by atoms with Crippen molar-refractivity contribution in [1.29, 1.82) is 0 Å². The molecule has 3 nitrogen and oxygen atoms in total. The van der Waals surface area contributed by atoms with Crippen LogP contribution < -0.4 is 5.32 Å². The van der Waals surface area contributed by atoms with Crippen LogP contribution in [0.5, 0.6) is 0 Å². The molecule has 50 valence electrons. The van der Waals surface area contributed by atoms with Crippen molar-refractivity contribution < 1.29 is 5.11 Å². The third kappa shape index (κ3) is 6.99. The molecule has 0 atom stereocenters. The molecule has 1 heterocycles. The Morgan fingerprint density at radius 3 is 2.67 bits per heavy atom. The summed E-state index contributed by atoms with van der Waals surface area (Å²) in [5.41, 5.74) is 0. The van der Waals surface area contributed by atoms with Crippen molar-refractivity contribution in [3.8, 4) is 12.3 Å². The van der Waals surface area contributed by atoms with Crippen molar-refractivity contribution in [2.75, 3.05) is 19.7 Å². The summed E-state index contributed by atoms with van der Waals surface area (Å²) in [4.78, 5) is 3.85. The van der Waals surface area contributed by atoms with E-state index in [1.165, 1.54) is 0 Å². The molecule has 0 amide bonds. The number of aliphatic hydroxyl groups excluding tert-OH is 1. The van der Waals surface area contributed by atoms with Gasteiger partial charge in [0.1, 0.15) is 6.61 Å². The molecule has 0 aromatic rings. The van der Waals surface area contributed by atoms with E-state index in [1.54, 1.807) is 6.34 Å². The molecule has 1 aliphatic rings. The first-order valence-corrected chi connectivity index (χ1v) is 2.68. The molecule has 0 radical (unpaired) electrons. The molecular weight excluding hydrogens is 116 g/mol. The minimum atomic E-state index is -0.153.